The molecule has 1 rings (SSSR count). The molecule has 0 aliphatic carbocycles. The smallest absolute Gasteiger partial charge is 0.273 e. The van der Waals surface area contributed by atoms with E-state index >= 15 is 0 Å². The van der Waals surface area contributed by atoms with Crippen molar-refractivity contribution in [2.24, 2.45) is 0 Å². The Hall–Kier alpha value is -1.93. The maximum Gasteiger partial charge on any atom is 0.273 e. The van der Waals surface area contributed by atoms with Gasteiger partial charge in [-0.15, -0.1) is 0 Å². The molecule has 0 spiro atoms. The van der Waals surface area contributed by atoms with E-state index in [-0.39, 0.29) is 12.1 Å². The van der Waals surface area contributed by atoms with Gasteiger partial charge in [-0.05, 0) is 37.9 Å². The van der Waals surface area contributed by atoms with Crippen LogP contribution in [-0.2, 0) is 12.8 Å². The van der Waals surface area contributed by atoms with E-state index in [0.717, 1.165) is 44.5 Å². The molecule has 5 heteroatoms. The summed E-state index contributed by atoms with van der Waals surface area (Å²) in [5, 5.41) is 20.0. The highest BCUT2D eigenvalue weighted by Crippen LogP contribution is 2.23. The summed E-state index contributed by atoms with van der Waals surface area (Å²) in [5.74, 6) is 0. The van der Waals surface area contributed by atoms with Gasteiger partial charge in [0.05, 0.1) is 17.4 Å². The lowest BCUT2D eigenvalue weighted by Crippen LogP contribution is -2.28. The van der Waals surface area contributed by atoms with E-state index in [0.29, 0.717) is 5.56 Å². The van der Waals surface area contributed by atoms with Gasteiger partial charge in [0.2, 0.25) is 0 Å². The van der Waals surface area contributed by atoms with Gasteiger partial charge < -0.3 is 4.90 Å². The third-order valence-corrected chi connectivity index (χ3v) is 3.48. The second-order valence-corrected chi connectivity index (χ2v) is 5.10. The van der Waals surface area contributed by atoms with E-state index in [9.17, 15) is 10.1 Å². The van der Waals surface area contributed by atoms with Gasteiger partial charge in [-0.2, -0.15) is 5.26 Å². The van der Waals surface area contributed by atoms with Crippen LogP contribution in [-0.4, -0.2) is 29.5 Å². The summed E-state index contributed by atoms with van der Waals surface area (Å²) in [6, 6.07) is 7.12. The van der Waals surface area contributed by atoms with Crippen molar-refractivity contribution in [3.63, 3.8) is 0 Å². The lowest BCUT2D eigenvalue weighted by Gasteiger charge is -2.21. The van der Waals surface area contributed by atoms with Crippen molar-refractivity contribution in [3.05, 3.63) is 39.4 Å². The van der Waals surface area contributed by atoms with Crippen molar-refractivity contribution in [3.8, 4) is 6.07 Å². The average molecular weight is 289 g/mol. The summed E-state index contributed by atoms with van der Waals surface area (Å²) in [5.41, 5.74) is 1.55. The van der Waals surface area contributed by atoms with Gasteiger partial charge in [0, 0.05) is 18.2 Å². The quantitative estimate of drug-likeness (QED) is 0.516. The molecule has 0 unspecified atom stereocenters. The lowest BCUT2D eigenvalue weighted by molar-refractivity contribution is -0.385. The minimum atomic E-state index is -0.397. The van der Waals surface area contributed by atoms with Crippen molar-refractivity contribution in [1.82, 2.24) is 4.90 Å². The van der Waals surface area contributed by atoms with E-state index in [4.69, 9.17) is 5.26 Å². The second kappa shape index (κ2) is 9.09. The Morgan fingerprint density at radius 1 is 1.24 bits per heavy atom. The molecule has 0 fully saturated rings. The van der Waals surface area contributed by atoms with E-state index < -0.39 is 4.92 Å². The molecular formula is C16H23N3O2. The molecule has 0 N–H and O–H groups in total. The molecule has 0 aliphatic rings. The maximum atomic E-state index is 11.1. The summed E-state index contributed by atoms with van der Waals surface area (Å²) in [6.07, 6.45) is 3.03. The van der Waals surface area contributed by atoms with Crippen LogP contribution in [0.25, 0.3) is 0 Å². The molecule has 0 aromatic heterocycles. The Bertz CT molecular complexity index is 503. The monoisotopic (exact) mass is 289 g/mol. The minimum absolute atomic E-state index is 0.0617. The predicted octanol–water partition coefficient (Wildman–Crippen LogP) is 3.33. The highest BCUT2D eigenvalue weighted by atomic mass is 16.6. The Morgan fingerprint density at radius 2 is 1.90 bits per heavy atom. The summed E-state index contributed by atoms with van der Waals surface area (Å²) < 4.78 is 0. The van der Waals surface area contributed by atoms with Crippen molar-refractivity contribution in [2.75, 3.05) is 19.6 Å². The van der Waals surface area contributed by atoms with Crippen LogP contribution in [0.3, 0.4) is 0 Å². The SMILES string of the molecule is CCCN(CCC)CCc1cccc([N+](=O)[O-])c1CC#N. The van der Waals surface area contributed by atoms with E-state index in [1.807, 2.05) is 12.1 Å². The molecule has 0 heterocycles. The van der Waals surface area contributed by atoms with Crippen molar-refractivity contribution >= 4 is 5.69 Å². The fraction of sp³-hybridized carbons (Fsp3) is 0.562. The standard InChI is InChI=1S/C16H23N3O2/c1-3-11-18(12-4-2)13-9-14-6-5-7-16(19(20)21)15(14)8-10-17/h5-7H,3-4,8-9,11-13H2,1-2H3. The number of nitro benzene ring substituents is 1. The zero-order valence-corrected chi connectivity index (χ0v) is 12.8. The van der Waals surface area contributed by atoms with Crippen molar-refractivity contribution in [1.29, 1.82) is 5.26 Å². The molecule has 0 aliphatic heterocycles. The molecule has 0 radical (unpaired) electrons. The molecule has 0 atom stereocenters. The maximum absolute atomic E-state index is 11.1. The Balaban J connectivity index is 2.89. The number of nitrogens with zero attached hydrogens (tertiary/aromatic N) is 3. The largest absolute Gasteiger partial charge is 0.303 e. The first-order chi connectivity index (χ1) is 10.1. The molecule has 0 saturated carbocycles. The van der Waals surface area contributed by atoms with Crippen LogP contribution in [0.4, 0.5) is 5.69 Å². The molecule has 21 heavy (non-hydrogen) atoms. The second-order valence-electron chi connectivity index (χ2n) is 5.10. The third-order valence-electron chi connectivity index (χ3n) is 3.48. The zero-order chi connectivity index (χ0) is 15.7. The molecule has 114 valence electrons. The van der Waals surface area contributed by atoms with Crippen LogP contribution in [0.1, 0.15) is 37.8 Å². The highest BCUT2D eigenvalue weighted by molar-refractivity contribution is 5.47. The van der Waals surface area contributed by atoms with Gasteiger partial charge in [0.1, 0.15) is 0 Å². The summed E-state index contributed by atoms with van der Waals surface area (Å²) >= 11 is 0. The first-order valence-electron chi connectivity index (χ1n) is 7.48. The van der Waals surface area contributed by atoms with Crippen LogP contribution in [0.2, 0.25) is 0 Å². The number of nitriles is 1. The van der Waals surface area contributed by atoms with Crippen LogP contribution >= 0.6 is 0 Å². The molecule has 1 aromatic rings. The lowest BCUT2D eigenvalue weighted by atomic mass is 10.00. The third kappa shape index (κ3) is 5.16. The number of rotatable bonds is 9. The highest BCUT2D eigenvalue weighted by Gasteiger charge is 2.17. The first-order valence-corrected chi connectivity index (χ1v) is 7.48. The number of hydrogen-bond donors (Lipinski definition) is 0. The van der Waals surface area contributed by atoms with Crippen LogP contribution in [0.15, 0.2) is 18.2 Å². The van der Waals surface area contributed by atoms with Gasteiger partial charge in [-0.3, -0.25) is 10.1 Å². The molecule has 0 saturated heterocycles. The molecule has 5 nitrogen and oxygen atoms in total. The number of hydrogen-bond acceptors (Lipinski definition) is 4. The predicted molar refractivity (Wildman–Crippen MR) is 83.1 cm³/mol. The van der Waals surface area contributed by atoms with E-state index in [1.54, 1.807) is 6.07 Å². The van der Waals surface area contributed by atoms with Gasteiger partial charge in [-0.1, -0.05) is 26.0 Å². The molecule has 0 bridgehead atoms. The van der Waals surface area contributed by atoms with Crippen LogP contribution < -0.4 is 0 Å². The summed E-state index contributed by atoms with van der Waals surface area (Å²) in [7, 11) is 0. The van der Waals surface area contributed by atoms with Crippen molar-refractivity contribution < 1.29 is 4.92 Å². The summed E-state index contributed by atoms with van der Waals surface area (Å²) in [4.78, 5) is 13.1. The Morgan fingerprint density at radius 3 is 2.43 bits per heavy atom. The molecular weight excluding hydrogens is 266 g/mol. The molecule has 1 aromatic carbocycles. The van der Waals surface area contributed by atoms with Gasteiger partial charge >= 0.3 is 0 Å². The Kier molecular flexibility index (Phi) is 7.41. The minimum Gasteiger partial charge on any atom is -0.303 e. The average Bonchev–Trinajstić information content (AvgIpc) is 2.46. The van der Waals surface area contributed by atoms with Gasteiger partial charge in [0.15, 0.2) is 0 Å². The normalized spacial score (nSPS) is 10.6. The molecule has 0 amide bonds. The number of nitro groups is 1. The summed E-state index contributed by atoms with van der Waals surface area (Å²) in [6.45, 7) is 7.25. The fourth-order valence-electron chi connectivity index (χ4n) is 2.56. The topological polar surface area (TPSA) is 70.2 Å². The van der Waals surface area contributed by atoms with Crippen LogP contribution in [0, 0.1) is 21.4 Å². The van der Waals surface area contributed by atoms with E-state index in [2.05, 4.69) is 18.7 Å². The fourth-order valence-corrected chi connectivity index (χ4v) is 2.56. The zero-order valence-electron chi connectivity index (χ0n) is 12.8. The Labute approximate surface area is 126 Å². The van der Waals surface area contributed by atoms with Crippen molar-refractivity contribution in [2.45, 2.75) is 39.5 Å². The van der Waals surface area contributed by atoms with Gasteiger partial charge in [-0.25, -0.2) is 0 Å². The number of benzene rings is 1. The van der Waals surface area contributed by atoms with Gasteiger partial charge in [0.25, 0.3) is 5.69 Å². The first kappa shape index (κ1) is 17.1. The van der Waals surface area contributed by atoms with Crippen LogP contribution in [0.5, 0.6) is 0 Å². The van der Waals surface area contributed by atoms with E-state index in [1.165, 1.54) is 6.07 Å².